The summed E-state index contributed by atoms with van der Waals surface area (Å²) >= 11 is 1.63. The fourth-order valence-electron chi connectivity index (χ4n) is 11.7. The summed E-state index contributed by atoms with van der Waals surface area (Å²) in [6.07, 6.45) is -8.92. The van der Waals surface area contributed by atoms with Gasteiger partial charge in [0, 0.05) is 74.7 Å². The van der Waals surface area contributed by atoms with Crippen molar-refractivity contribution in [2.45, 2.75) is 199 Å². The standard InChI is InChI=1S/C56H90N4O18S/c1-15-41-56(11,69)48(64)32(5)44(58-70)30(3)27-54(9,68)49(78-53-46(63)40(59(12)13)25-31(4)73-53)33(6)47(34(7)52(67)75-41)77-43-28-55(10,71-14)50(35(8)74-43)76-42(61)19-20-57-21-23-79-24-22-72-36-17-18-39-37(26-36)45(62)38(51(65)66)29-60(39)16-2/h17-18,26,29-35,40-41,43,46-50,53,57,63-64,68-70H,15-16,19-25,27-28H2,1-14H3,(H,65,66)/b58-44+/t30-,31-,32-,33+,34-,35+,40+,41-,43+,46-,47+,48-,49-,50+,53+,54-,55-,56-/m1/s1. The summed E-state index contributed by atoms with van der Waals surface area (Å²) in [7, 11) is 5.17. The number of carbonyl (C=O) groups excluding carboxylic acids is 2. The molecular weight excluding hydrogens is 1050 g/mol. The van der Waals surface area contributed by atoms with Gasteiger partial charge in [-0.15, -0.1) is 0 Å². The minimum absolute atomic E-state index is 0.0130. The van der Waals surface area contributed by atoms with Gasteiger partial charge < -0.3 is 83.4 Å². The third-order valence-electron chi connectivity index (χ3n) is 16.2. The number of rotatable bonds is 20. The number of cyclic esters (lactones) is 1. The summed E-state index contributed by atoms with van der Waals surface area (Å²) in [6.45, 7) is 20.2. The molecule has 3 aliphatic rings. The second-order valence-electron chi connectivity index (χ2n) is 22.7. The number of thioether (sulfide) groups is 1. The number of hydrogen-bond acceptors (Lipinski definition) is 21. The molecule has 18 atom stereocenters. The number of hydrogen-bond donors (Lipinski definition) is 7. The number of fused-ring (bicyclic) bond motifs is 1. The second-order valence-corrected chi connectivity index (χ2v) is 23.9. The molecule has 0 aliphatic carbocycles. The summed E-state index contributed by atoms with van der Waals surface area (Å²) in [5, 5.41) is 75.1. The minimum atomic E-state index is -2.03. The van der Waals surface area contributed by atoms with E-state index in [-0.39, 0.29) is 54.5 Å². The van der Waals surface area contributed by atoms with Crippen molar-refractivity contribution < 1.29 is 83.0 Å². The Morgan fingerprint density at radius 1 is 0.949 bits per heavy atom. The lowest BCUT2D eigenvalue weighted by atomic mass is 9.73. The number of nitrogens with one attached hydrogen (secondary N) is 1. The molecule has 448 valence electrons. The van der Waals surface area contributed by atoms with Crippen LogP contribution in [0.2, 0.25) is 0 Å². The van der Waals surface area contributed by atoms with E-state index in [1.54, 1.807) is 83.0 Å². The van der Waals surface area contributed by atoms with Crippen LogP contribution in [0, 0.1) is 23.7 Å². The van der Waals surface area contributed by atoms with Gasteiger partial charge in [0.05, 0.1) is 71.7 Å². The summed E-state index contributed by atoms with van der Waals surface area (Å²) < 4.78 is 52.1. The van der Waals surface area contributed by atoms with E-state index in [9.17, 15) is 49.9 Å². The van der Waals surface area contributed by atoms with Crippen molar-refractivity contribution in [1.29, 1.82) is 0 Å². The molecule has 0 bridgehead atoms. The first-order valence-corrected chi connectivity index (χ1v) is 28.8. The van der Waals surface area contributed by atoms with Crippen LogP contribution in [0.1, 0.15) is 119 Å². The van der Waals surface area contributed by atoms with Crippen LogP contribution >= 0.6 is 11.8 Å². The molecule has 23 heteroatoms. The number of likely N-dealkylation sites (N-methyl/N-ethyl adjacent to an activating group) is 1. The van der Waals surface area contributed by atoms with Gasteiger partial charge in [-0.3, -0.25) is 14.4 Å². The number of ether oxygens (including phenoxy) is 8. The van der Waals surface area contributed by atoms with Crippen LogP contribution in [-0.4, -0.2) is 200 Å². The van der Waals surface area contributed by atoms with Gasteiger partial charge in [0.2, 0.25) is 5.43 Å². The number of aromatic nitrogens is 1. The molecule has 0 spiro atoms. The van der Waals surface area contributed by atoms with E-state index in [0.29, 0.717) is 55.4 Å². The number of carboxylic acid groups (broad SMARTS) is 1. The molecule has 3 saturated heterocycles. The van der Waals surface area contributed by atoms with Crippen molar-refractivity contribution in [3.8, 4) is 5.75 Å². The maximum absolute atomic E-state index is 14.5. The number of aliphatic hydroxyl groups is 4. The first kappa shape index (κ1) is 65.8. The van der Waals surface area contributed by atoms with E-state index in [0.717, 1.165) is 0 Å². The first-order chi connectivity index (χ1) is 37.1. The summed E-state index contributed by atoms with van der Waals surface area (Å²) in [6, 6.07) is 4.70. The maximum atomic E-state index is 14.5. The Kier molecular flexibility index (Phi) is 23.6. The summed E-state index contributed by atoms with van der Waals surface area (Å²) in [5.74, 6) is -4.52. The number of aryl methyl sites for hydroxylation is 1. The van der Waals surface area contributed by atoms with Crippen LogP contribution in [0.4, 0.5) is 0 Å². The van der Waals surface area contributed by atoms with Crippen molar-refractivity contribution in [3.63, 3.8) is 0 Å². The van der Waals surface area contributed by atoms with E-state index in [1.165, 1.54) is 27.2 Å². The first-order valence-electron chi connectivity index (χ1n) is 27.6. The zero-order valence-corrected chi connectivity index (χ0v) is 49.4. The molecule has 4 heterocycles. The minimum Gasteiger partial charge on any atom is -0.493 e. The van der Waals surface area contributed by atoms with Gasteiger partial charge in [-0.2, -0.15) is 11.8 Å². The number of benzene rings is 1. The number of oxime groups is 1. The molecule has 79 heavy (non-hydrogen) atoms. The molecule has 3 aliphatic heterocycles. The van der Waals surface area contributed by atoms with Gasteiger partial charge in [0.25, 0.3) is 0 Å². The Morgan fingerprint density at radius 2 is 1.65 bits per heavy atom. The number of aromatic carboxylic acids is 1. The molecule has 3 fully saturated rings. The summed E-state index contributed by atoms with van der Waals surface area (Å²) in [4.78, 5) is 54.3. The van der Waals surface area contributed by atoms with E-state index < -0.39 is 119 Å². The van der Waals surface area contributed by atoms with Crippen molar-refractivity contribution in [3.05, 3.63) is 40.2 Å². The third-order valence-corrected chi connectivity index (χ3v) is 17.2. The molecule has 0 radical (unpaired) electrons. The highest BCUT2D eigenvalue weighted by Gasteiger charge is 2.54. The number of carbonyl (C=O) groups is 3. The number of pyridine rings is 1. The Bertz CT molecular complexity index is 2440. The fraction of sp³-hybridized carbons (Fsp3) is 0.768. The molecule has 7 N–H and O–H groups in total. The number of esters is 2. The summed E-state index contributed by atoms with van der Waals surface area (Å²) in [5.41, 5.74) is -5.20. The van der Waals surface area contributed by atoms with Gasteiger partial charge >= 0.3 is 17.9 Å². The normalized spacial score (nSPS) is 36.7. The highest BCUT2D eigenvalue weighted by molar-refractivity contribution is 7.99. The molecule has 22 nitrogen and oxygen atoms in total. The van der Waals surface area contributed by atoms with Crippen molar-refractivity contribution in [2.75, 3.05) is 52.4 Å². The van der Waals surface area contributed by atoms with Crippen LogP contribution in [0.3, 0.4) is 0 Å². The van der Waals surface area contributed by atoms with Crippen LogP contribution in [0.5, 0.6) is 5.75 Å². The molecule has 0 amide bonds. The van der Waals surface area contributed by atoms with Crippen molar-refractivity contribution in [2.24, 2.45) is 28.8 Å². The van der Waals surface area contributed by atoms with E-state index >= 15 is 0 Å². The van der Waals surface area contributed by atoms with Crippen LogP contribution in [0.25, 0.3) is 10.9 Å². The zero-order valence-electron chi connectivity index (χ0n) is 48.6. The lowest BCUT2D eigenvalue weighted by Crippen LogP contribution is -2.61. The van der Waals surface area contributed by atoms with Gasteiger partial charge in [0.1, 0.15) is 34.7 Å². The topological polar surface area (TPSA) is 296 Å². The smallest absolute Gasteiger partial charge is 0.341 e. The van der Waals surface area contributed by atoms with E-state index in [4.69, 9.17) is 37.9 Å². The Hall–Kier alpha value is -3.98. The molecule has 0 unspecified atom stereocenters. The monoisotopic (exact) mass is 1140 g/mol. The highest BCUT2D eigenvalue weighted by atomic mass is 32.2. The highest BCUT2D eigenvalue weighted by Crippen LogP contribution is 2.42. The zero-order chi connectivity index (χ0) is 58.9. The molecule has 5 rings (SSSR count). The predicted octanol–water partition coefficient (Wildman–Crippen LogP) is 4.42. The Labute approximate surface area is 468 Å². The predicted molar refractivity (Wildman–Crippen MR) is 295 cm³/mol. The van der Waals surface area contributed by atoms with Crippen LogP contribution in [-0.2, 0) is 49.3 Å². The van der Waals surface area contributed by atoms with Gasteiger partial charge in [-0.05, 0) is 100 Å². The van der Waals surface area contributed by atoms with E-state index in [1.807, 2.05) is 32.8 Å². The number of methoxy groups -OCH3 is 1. The largest absolute Gasteiger partial charge is 0.493 e. The number of carboxylic acids is 1. The number of nitrogens with zero attached hydrogens (tertiary/aromatic N) is 3. The van der Waals surface area contributed by atoms with Gasteiger partial charge in [-0.1, -0.05) is 32.9 Å². The fourth-order valence-corrected chi connectivity index (χ4v) is 12.4. The molecule has 0 saturated carbocycles. The molecule has 1 aromatic carbocycles. The molecular formula is C56H90N4O18S. The van der Waals surface area contributed by atoms with Gasteiger partial charge in [-0.25, -0.2) is 4.79 Å². The van der Waals surface area contributed by atoms with E-state index in [2.05, 4.69) is 10.5 Å². The third kappa shape index (κ3) is 15.8. The van der Waals surface area contributed by atoms with Crippen molar-refractivity contribution in [1.82, 2.24) is 14.8 Å². The average Bonchev–Trinajstić information content (AvgIpc) is 3.45. The van der Waals surface area contributed by atoms with Crippen molar-refractivity contribution >= 4 is 46.3 Å². The van der Waals surface area contributed by atoms with Crippen LogP contribution in [0.15, 0.2) is 34.3 Å². The lowest BCUT2D eigenvalue weighted by molar-refractivity contribution is -0.318. The van der Waals surface area contributed by atoms with Crippen LogP contribution < -0.4 is 15.5 Å². The molecule has 1 aromatic heterocycles. The number of aliphatic hydroxyl groups excluding tert-OH is 2. The Morgan fingerprint density at radius 3 is 2.27 bits per heavy atom. The Balaban J connectivity index is 1.27. The SMILES string of the molecule is CC[C@H]1OC(=O)[C@H](C)[C@@H](O[C@H]2C[C@@](C)(OC)[C@@H](OC(=O)CCNCCSCCOc3ccc4c(c3)c(=O)c(C(=O)O)cn4CC)[C@H](C)O2)[C@H](C)[C@@H](O[C@@H]2O[C@H](C)C[C@H](N(C)C)[C@H]2O)[C@](C)(O)C[C@@H](C)/C(=N\O)[C@@H](C)[C@@H](O)[C@]1(C)O. The second kappa shape index (κ2) is 28.3. The average molecular weight is 1140 g/mol. The van der Waals surface area contributed by atoms with Gasteiger partial charge in [0.15, 0.2) is 18.7 Å². The molecule has 2 aromatic rings. The maximum Gasteiger partial charge on any atom is 0.341 e. The quantitative estimate of drug-likeness (QED) is 0.0418. The lowest BCUT2D eigenvalue weighted by Gasteiger charge is -2.49.